The highest BCUT2D eigenvalue weighted by Gasteiger charge is 2.50. The zero-order valence-corrected chi connectivity index (χ0v) is 23.8. The van der Waals surface area contributed by atoms with Gasteiger partial charge in [0, 0.05) is 19.0 Å². The number of carbonyl (C=O) groups is 3. The molecule has 0 aromatic heterocycles. The molecule has 4 rings (SSSR count). The Kier molecular flexibility index (Phi) is 9.27. The fourth-order valence-electron chi connectivity index (χ4n) is 5.59. The average Bonchev–Trinajstić information content (AvgIpc) is 3.17. The zero-order valence-electron chi connectivity index (χ0n) is 23.8. The number of amides is 3. The maximum Gasteiger partial charge on any atom is 0.405 e. The second kappa shape index (κ2) is 12.8. The van der Waals surface area contributed by atoms with Gasteiger partial charge in [-0.05, 0) is 54.0 Å². The van der Waals surface area contributed by atoms with E-state index < -0.39 is 23.6 Å². The number of hydrogen-bond acceptors (Lipinski definition) is 4. The quantitative estimate of drug-likeness (QED) is 0.222. The summed E-state index contributed by atoms with van der Waals surface area (Å²) in [5, 5.41) is 28.4. The number of nitrogens with zero attached hydrogens (tertiary/aromatic N) is 1. The molecule has 216 valence electrons. The molecule has 0 bridgehead atoms. The van der Waals surface area contributed by atoms with Crippen LogP contribution in [0.2, 0.25) is 0 Å². The summed E-state index contributed by atoms with van der Waals surface area (Å²) in [6.07, 6.45) is 0.640. The minimum absolute atomic E-state index is 0.0808. The van der Waals surface area contributed by atoms with E-state index in [4.69, 9.17) is 5.41 Å². The van der Waals surface area contributed by atoms with Crippen molar-refractivity contribution in [3.63, 3.8) is 0 Å². The monoisotopic (exact) mass is 557 g/mol. The van der Waals surface area contributed by atoms with Gasteiger partial charge in [0.2, 0.25) is 5.91 Å². The minimum atomic E-state index is -1.26. The number of fused-ring (bicyclic) bond motifs is 1. The summed E-state index contributed by atoms with van der Waals surface area (Å²) in [6, 6.07) is 22.0. The van der Waals surface area contributed by atoms with E-state index in [0.29, 0.717) is 25.8 Å². The SMILES string of the molecule is CC(C)C[C@]1(c2ccccc2)NC(=N)N(CCC[C@H](C)NC(=O)[C@H](Cc2ccc3ccccc3c2)NC(=O)O)C1=O. The van der Waals surface area contributed by atoms with Crippen LogP contribution >= 0.6 is 0 Å². The molecule has 3 aromatic rings. The standard InChI is InChI=1S/C32H39N5O4/c1-21(2)20-32(26-13-5-4-6-14-26)29(39)37(30(33)36-32)17-9-10-22(3)34-28(38)27(35-31(40)41)19-23-15-16-24-11-7-8-12-25(24)18-23/h4-8,11-16,18,21-22,27,35H,9-10,17,19-20H2,1-3H3,(H2,33,36)(H,34,38)(H,40,41)/t22-,27-,32+/m0/s1. The molecule has 0 aliphatic carbocycles. The average molecular weight is 558 g/mol. The molecular weight excluding hydrogens is 518 g/mol. The maximum atomic E-state index is 13.7. The summed E-state index contributed by atoms with van der Waals surface area (Å²) in [5.41, 5.74) is 0.729. The number of nitrogens with one attached hydrogen (secondary N) is 4. The van der Waals surface area contributed by atoms with Gasteiger partial charge in [-0.25, -0.2) is 4.79 Å². The minimum Gasteiger partial charge on any atom is -0.465 e. The summed E-state index contributed by atoms with van der Waals surface area (Å²) < 4.78 is 0. The van der Waals surface area contributed by atoms with Crippen LogP contribution in [0.25, 0.3) is 10.8 Å². The van der Waals surface area contributed by atoms with Gasteiger partial charge < -0.3 is 21.1 Å². The lowest BCUT2D eigenvalue weighted by Crippen LogP contribution is -2.50. The largest absolute Gasteiger partial charge is 0.465 e. The van der Waals surface area contributed by atoms with E-state index in [2.05, 4.69) is 29.8 Å². The highest BCUT2D eigenvalue weighted by Crippen LogP contribution is 2.35. The molecule has 1 saturated heterocycles. The third-order valence-corrected chi connectivity index (χ3v) is 7.47. The molecule has 0 unspecified atom stereocenters. The summed E-state index contributed by atoms with van der Waals surface area (Å²) in [7, 11) is 0. The Labute approximate surface area is 240 Å². The zero-order chi connectivity index (χ0) is 29.6. The number of rotatable bonds is 12. The van der Waals surface area contributed by atoms with Crippen molar-refractivity contribution in [3.05, 3.63) is 83.9 Å². The fourth-order valence-corrected chi connectivity index (χ4v) is 5.59. The molecule has 3 amide bonds. The van der Waals surface area contributed by atoms with E-state index in [-0.39, 0.29) is 30.2 Å². The van der Waals surface area contributed by atoms with Crippen LogP contribution in [0.1, 0.15) is 51.2 Å². The van der Waals surface area contributed by atoms with Gasteiger partial charge in [0.1, 0.15) is 11.6 Å². The Balaban J connectivity index is 1.35. The number of carboxylic acid groups (broad SMARTS) is 1. The van der Waals surface area contributed by atoms with E-state index in [1.165, 1.54) is 4.90 Å². The second-order valence-electron chi connectivity index (χ2n) is 11.2. The van der Waals surface area contributed by atoms with Gasteiger partial charge in [0.15, 0.2) is 5.96 Å². The van der Waals surface area contributed by atoms with Crippen molar-refractivity contribution >= 4 is 34.6 Å². The van der Waals surface area contributed by atoms with Crippen molar-refractivity contribution in [2.24, 2.45) is 5.92 Å². The van der Waals surface area contributed by atoms with Gasteiger partial charge in [-0.2, -0.15) is 0 Å². The first-order valence-corrected chi connectivity index (χ1v) is 14.1. The van der Waals surface area contributed by atoms with Crippen LogP contribution in [0.3, 0.4) is 0 Å². The molecule has 0 radical (unpaired) electrons. The third-order valence-electron chi connectivity index (χ3n) is 7.47. The van der Waals surface area contributed by atoms with Gasteiger partial charge >= 0.3 is 6.09 Å². The first kappa shape index (κ1) is 29.6. The molecule has 3 aromatic carbocycles. The number of benzene rings is 3. The highest BCUT2D eigenvalue weighted by atomic mass is 16.4. The summed E-state index contributed by atoms with van der Waals surface area (Å²) in [5.74, 6) is -0.228. The number of guanidine groups is 1. The normalized spacial score (nSPS) is 18.3. The Morgan fingerprint density at radius 3 is 2.34 bits per heavy atom. The first-order valence-electron chi connectivity index (χ1n) is 14.1. The third kappa shape index (κ3) is 7.03. The second-order valence-corrected chi connectivity index (χ2v) is 11.2. The molecule has 0 spiro atoms. The van der Waals surface area contributed by atoms with Crippen molar-refractivity contribution in [1.82, 2.24) is 20.9 Å². The van der Waals surface area contributed by atoms with Crippen LogP contribution in [-0.2, 0) is 21.5 Å². The van der Waals surface area contributed by atoms with Crippen LogP contribution in [0, 0.1) is 11.3 Å². The molecule has 9 heteroatoms. The molecule has 41 heavy (non-hydrogen) atoms. The molecule has 1 heterocycles. The Hall–Kier alpha value is -4.40. The Bertz CT molecular complexity index is 1410. The molecule has 1 fully saturated rings. The van der Waals surface area contributed by atoms with Crippen molar-refractivity contribution in [1.29, 1.82) is 5.41 Å². The predicted octanol–water partition coefficient (Wildman–Crippen LogP) is 4.61. The van der Waals surface area contributed by atoms with Crippen molar-refractivity contribution < 1.29 is 19.5 Å². The van der Waals surface area contributed by atoms with Crippen LogP contribution in [0.4, 0.5) is 4.79 Å². The summed E-state index contributed by atoms with van der Waals surface area (Å²) in [4.78, 5) is 39.7. The van der Waals surface area contributed by atoms with E-state index in [1.807, 2.05) is 79.7 Å². The van der Waals surface area contributed by atoms with Gasteiger partial charge in [-0.15, -0.1) is 0 Å². The lowest BCUT2D eigenvalue weighted by molar-refractivity contribution is -0.132. The van der Waals surface area contributed by atoms with Crippen LogP contribution in [0.5, 0.6) is 0 Å². The molecule has 1 aliphatic heterocycles. The fraction of sp³-hybridized carbons (Fsp3) is 0.375. The molecule has 1 aliphatic rings. The van der Waals surface area contributed by atoms with E-state index in [1.54, 1.807) is 0 Å². The number of hydrogen-bond donors (Lipinski definition) is 5. The van der Waals surface area contributed by atoms with E-state index >= 15 is 0 Å². The molecule has 0 saturated carbocycles. The maximum absolute atomic E-state index is 13.7. The molecule has 5 N–H and O–H groups in total. The lowest BCUT2D eigenvalue weighted by Gasteiger charge is -2.29. The molecule has 9 nitrogen and oxygen atoms in total. The topological polar surface area (TPSA) is 135 Å². The van der Waals surface area contributed by atoms with Gasteiger partial charge in [0.25, 0.3) is 5.91 Å². The Morgan fingerprint density at radius 2 is 1.66 bits per heavy atom. The van der Waals surface area contributed by atoms with Crippen molar-refractivity contribution in [3.8, 4) is 0 Å². The van der Waals surface area contributed by atoms with E-state index in [0.717, 1.165) is 21.9 Å². The van der Waals surface area contributed by atoms with Gasteiger partial charge in [-0.3, -0.25) is 19.9 Å². The van der Waals surface area contributed by atoms with Crippen molar-refractivity contribution in [2.45, 2.75) is 64.1 Å². The smallest absolute Gasteiger partial charge is 0.405 e. The molecular formula is C32H39N5O4. The van der Waals surface area contributed by atoms with E-state index in [9.17, 15) is 19.5 Å². The first-order chi connectivity index (χ1) is 19.6. The Morgan fingerprint density at radius 1 is 0.976 bits per heavy atom. The van der Waals surface area contributed by atoms with Crippen molar-refractivity contribution in [2.75, 3.05) is 6.54 Å². The predicted molar refractivity (Wildman–Crippen MR) is 160 cm³/mol. The van der Waals surface area contributed by atoms with Gasteiger partial charge in [0.05, 0.1) is 0 Å². The highest BCUT2D eigenvalue weighted by molar-refractivity contribution is 6.08. The molecule has 3 atom stereocenters. The van der Waals surface area contributed by atoms with Crippen LogP contribution in [0.15, 0.2) is 72.8 Å². The van der Waals surface area contributed by atoms with Gasteiger partial charge in [-0.1, -0.05) is 86.6 Å². The van der Waals surface area contributed by atoms with Crippen LogP contribution in [-0.4, -0.2) is 52.5 Å². The summed E-state index contributed by atoms with van der Waals surface area (Å²) >= 11 is 0. The summed E-state index contributed by atoms with van der Waals surface area (Å²) in [6.45, 7) is 6.31. The van der Waals surface area contributed by atoms with Crippen LogP contribution < -0.4 is 16.0 Å². The lowest BCUT2D eigenvalue weighted by atomic mass is 9.82. The number of carbonyl (C=O) groups excluding carboxylic acids is 2.